The molecule has 1 aliphatic heterocycles. The molecule has 1 saturated carbocycles. The van der Waals surface area contributed by atoms with Crippen LogP contribution in [0.25, 0.3) is 21.3 Å². The molecule has 34 heavy (non-hydrogen) atoms. The number of benzene rings is 2. The Balaban J connectivity index is 1.21. The molecule has 2 N–H and O–H groups in total. The zero-order valence-electron chi connectivity index (χ0n) is 19.1. The lowest BCUT2D eigenvalue weighted by atomic mass is 9.93. The van der Waals surface area contributed by atoms with Gasteiger partial charge in [-0.25, -0.2) is 9.97 Å². The van der Waals surface area contributed by atoms with Crippen molar-refractivity contribution < 1.29 is 9.90 Å². The fourth-order valence-electron chi connectivity index (χ4n) is 5.19. The highest BCUT2D eigenvalue weighted by atomic mass is 32.1. The first-order valence-corrected chi connectivity index (χ1v) is 13.0. The van der Waals surface area contributed by atoms with Gasteiger partial charge in [0, 0.05) is 25.2 Å². The van der Waals surface area contributed by atoms with Crippen LogP contribution in [0.2, 0.25) is 0 Å². The van der Waals surface area contributed by atoms with Crippen molar-refractivity contribution in [1.29, 1.82) is 0 Å². The summed E-state index contributed by atoms with van der Waals surface area (Å²) in [5, 5.41) is 14.6. The van der Waals surface area contributed by atoms with Crippen LogP contribution in [0.3, 0.4) is 0 Å². The fraction of sp³-hybridized carbons (Fsp3) is 0.423. The molecule has 2 fully saturated rings. The average Bonchev–Trinajstić information content (AvgIpc) is 3.43. The van der Waals surface area contributed by atoms with Gasteiger partial charge in [-0.05, 0) is 61.6 Å². The molecule has 1 saturated heterocycles. The molecular formula is C26H29N5O2S. The smallest absolute Gasteiger partial charge is 0.226 e. The molecule has 1 amide bonds. The minimum atomic E-state index is -0.292. The second kappa shape index (κ2) is 9.00. The SMILES string of the molecule is O=C1CCCCN1c1ccc2c(c1)ncn2Cc1ccc2nc(NC3CCCCC3O)sc2c1. The number of carbonyl (C=O) groups is 1. The van der Waals surface area contributed by atoms with E-state index in [1.54, 1.807) is 11.3 Å². The zero-order valence-corrected chi connectivity index (χ0v) is 19.9. The molecule has 2 unspecified atom stereocenters. The van der Waals surface area contributed by atoms with Gasteiger partial charge in [-0.3, -0.25) is 4.79 Å². The first-order valence-electron chi connectivity index (χ1n) is 12.2. The number of fused-ring (bicyclic) bond motifs is 2. The maximum absolute atomic E-state index is 12.3. The highest BCUT2D eigenvalue weighted by Crippen LogP contribution is 2.31. The molecule has 0 radical (unpaired) electrons. The van der Waals surface area contributed by atoms with Crippen molar-refractivity contribution in [1.82, 2.24) is 14.5 Å². The van der Waals surface area contributed by atoms with Crippen LogP contribution in [0.15, 0.2) is 42.7 Å². The Hall–Kier alpha value is -2.97. The molecule has 8 heteroatoms. The Labute approximate surface area is 202 Å². The van der Waals surface area contributed by atoms with E-state index >= 15 is 0 Å². The van der Waals surface area contributed by atoms with E-state index < -0.39 is 0 Å². The summed E-state index contributed by atoms with van der Waals surface area (Å²) in [4.78, 5) is 23.5. The summed E-state index contributed by atoms with van der Waals surface area (Å²) in [6.07, 6.45) is 8.35. The van der Waals surface area contributed by atoms with Crippen LogP contribution in [-0.4, -0.2) is 44.2 Å². The van der Waals surface area contributed by atoms with E-state index in [0.717, 1.165) is 83.7 Å². The van der Waals surface area contributed by atoms with Crippen molar-refractivity contribution in [2.75, 3.05) is 16.8 Å². The summed E-state index contributed by atoms with van der Waals surface area (Å²) in [6, 6.07) is 12.6. The van der Waals surface area contributed by atoms with Crippen LogP contribution < -0.4 is 10.2 Å². The van der Waals surface area contributed by atoms with Gasteiger partial charge in [0.05, 0.1) is 39.7 Å². The topological polar surface area (TPSA) is 83.3 Å². The molecule has 1 aliphatic carbocycles. The van der Waals surface area contributed by atoms with Crippen LogP contribution in [-0.2, 0) is 11.3 Å². The van der Waals surface area contributed by atoms with Crippen LogP contribution >= 0.6 is 11.3 Å². The van der Waals surface area contributed by atoms with E-state index in [1.165, 1.54) is 5.56 Å². The van der Waals surface area contributed by atoms with Gasteiger partial charge in [0.15, 0.2) is 5.13 Å². The Morgan fingerprint density at radius 3 is 2.85 bits per heavy atom. The van der Waals surface area contributed by atoms with Crippen molar-refractivity contribution in [3.8, 4) is 0 Å². The first kappa shape index (κ1) is 21.6. The molecule has 2 atom stereocenters. The Kier molecular flexibility index (Phi) is 5.71. The molecule has 7 nitrogen and oxygen atoms in total. The van der Waals surface area contributed by atoms with Crippen LogP contribution in [0.4, 0.5) is 10.8 Å². The minimum Gasteiger partial charge on any atom is -0.391 e. The molecule has 2 aromatic carbocycles. The van der Waals surface area contributed by atoms with Gasteiger partial charge in [0.25, 0.3) is 0 Å². The maximum atomic E-state index is 12.3. The third kappa shape index (κ3) is 4.16. The summed E-state index contributed by atoms with van der Waals surface area (Å²) in [7, 11) is 0. The Morgan fingerprint density at radius 1 is 1.06 bits per heavy atom. The number of aliphatic hydroxyl groups is 1. The normalized spacial score (nSPS) is 21.4. The number of thiazole rings is 1. The molecule has 4 aromatic rings. The maximum Gasteiger partial charge on any atom is 0.226 e. The highest BCUT2D eigenvalue weighted by Gasteiger charge is 2.24. The lowest BCUT2D eigenvalue weighted by Crippen LogP contribution is -2.36. The molecule has 0 spiro atoms. The number of hydrogen-bond acceptors (Lipinski definition) is 6. The number of imidazole rings is 1. The number of amides is 1. The van der Waals surface area contributed by atoms with Gasteiger partial charge < -0.3 is 19.9 Å². The van der Waals surface area contributed by atoms with Crippen molar-refractivity contribution in [3.63, 3.8) is 0 Å². The van der Waals surface area contributed by atoms with Gasteiger partial charge in [0.1, 0.15) is 0 Å². The molecule has 176 valence electrons. The lowest BCUT2D eigenvalue weighted by molar-refractivity contribution is -0.119. The van der Waals surface area contributed by atoms with Crippen LogP contribution in [0.1, 0.15) is 50.5 Å². The molecule has 2 aliphatic rings. The average molecular weight is 476 g/mol. The molecule has 6 rings (SSSR count). The van der Waals surface area contributed by atoms with E-state index in [2.05, 4.69) is 39.1 Å². The van der Waals surface area contributed by atoms with Crippen molar-refractivity contribution in [2.45, 2.75) is 63.6 Å². The standard InChI is InChI=1S/C26H29N5O2S/c32-23-6-2-1-5-19(23)28-26-29-20-10-8-17(13-24(20)34-26)15-30-16-27-21-14-18(9-11-22(21)30)31-12-4-3-7-25(31)33/h8-11,13-14,16,19,23,32H,1-7,12,15H2,(H,28,29). The molecule has 0 bridgehead atoms. The number of carbonyl (C=O) groups excluding carboxylic acids is 1. The predicted molar refractivity (Wildman–Crippen MR) is 137 cm³/mol. The van der Waals surface area contributed by atoms with Gasteiger partial charge >= 0.3 is 0 Å². The van der Waals surface area contributed by atoms with Gasteiger partial charge in [-0.2, -0.15) is 0 Å². The number of aromatic nitrogens is 3. The van der Waals surface area contributed by atoms with Gasteiger partial charge in [-0.15, -0.1) is 0 Å². The number of nitrogens with zero attached hydrogens (tertiary/aromatic N) is 4. The summed E-state index contributed by atoms with van der Waals surface area (Å²) in [5.41, 5.74) is 5.08. The van der Waals surface area contributed by atoms with Crippen LogP contribution in [0, 0.1) is 0 Å². The number of piperidine rings is 1. The van der Waals surface area contributed by atoms with E-state index in [-0.39, 0.29) is 18.1 Å². The van der Waals surface area contributed by atoms with Gasteiger partial charge in [0.2, 0.25) is 5.91 Å². The van der Waals surface area contributed by atoms with Crippen molar-refractivity contribution >= 4 is 49.3 Å². The number of nitrogens with one attached hydrogen (secondary N) is 1. The summed E-state index contributed by atoms with van der Waals surface area (Å²) >= 11 is 1.65. The highest BCUT2D eigenvalue weighted by molar-refractivity contribution is 7.22. The second-order valence-corrected chi connectivity index (χ2v) is 10.5. The zero-order chi connectivity index (χ0) is 23.1. The fourth-order valence-corrected chi connectivity index (χ4v) is 6.18. The Bertz CT molecular complexity index is 1350. The Morgan fingerprint density at radius 2 is 1.97 bits per heavy atom. The lowest BCUT2D eigenvalue weighted by Gasteiger charge is -2.27. The van der Waals surface area contributed by atoms with Gasteiger partial charge in [-0.1, -0.05) is 30.2 Å². The van der Waals surface area contributed by atoms with E-state index in [9.17, 15) is 9.90 Å². The van der Waals surface area contributed by atoms with E-state index in [1.807, 2.05) is 23.4 Å². The molecular weight excluding hydrogens is 446 g/mol. The van der Waals surface area contributed by atoms with E-state index in [0.29, 0.717) is 6.42 Å². The summed E-state index contributed by atoms with van der Waals surface area (Å²) in [5.74, 6) is 0.203. The minimum absolute atomic E-state index is 0.0937. The van der Waals surface area contributed by atoms with Crippen LogP contribution in [0.5, 0.6) is 0 Å². The summed E-state index contributed by atoms with van der Waals surface area (Å²) in [6.45, 7) is 1.51. The monoisotopic (exact) mass is 475 g/mol. The third-order valence-corrected chi connectivity index (χ3v) is 8.03. The number of aliphatic hydroxyl groups excluding tert-OH is 1. The quantitative estimate of drug-likeness (QED) is 0.428. The number of rotatable bonds is 5. The van der Waals surface area contributed by atoms with Crippen molar-refractivity contribution in [2.24, 2.45) is 0 Å². The second-order valence-electron chi connectivity index (χ2n) is 9.47. The first-order chi connectivity index (χ1) is 16.6. The van der Waals surface area contributed by atoms with Crippen molar-refractivity contribution in [3.05, 3.63) is 48.3 Å². The molecule has 3 heterocycles. The number of hydrogen-bond donors (Lipinski definition) is 2. The van der Waals surface area contributed by atoms with E-state index in [4.69, 9.17) is 4.98 Å². The largest absolute Gasteiger partial charge is 0.391 e. The number of anilines is 2. The molecule has 2 aromatic heterocycles. The summed E-state index contributed by atoms with van der Waals surface area (Å²) < 4.78 is 3.29. The third-order valence-electron chi connectivity index (χ3n) is 7.08. The predicted octanol–water partition coefficient (Wildman–Crippen LogP) is 4.93.